The van der Waals surface area contributed by atoms with Gasteiger partial charge in [0.05, 0.1) is 22.0 Å². The number of hydrogen-bond donors (Lipinski definition) is 0. The summed E-state index contributed by atoms with van der Waals surface area (Å²) in [5.41, 5.74) is 3.86. The second kappa shape index (κ2) is 7.09. The third-order valence-corrected chi connectivity index (χ3v) is 6.79. The van der Waals surface area contributed by atoms with E-state index < -0.39 is 9.84 Å². The topological polar surface area (TPSA) is 81.0 Å². The lowest BCUT2D eigenvalue weighted by Crippen LogP contribution is -2.42. The minimum atomic E-state index is -3.27. The van der Waals surface area contributed by atoms with Crippen LogP contribution in [0.5, 0.6) is 0 Å². The largest absolute Gasteiger partial charge is 0.329 e. The van der Waals surface area contributed by atoms with E-state index in [0.717, 1.165) is 47.0 Å². The Morgan fingerprint density at radius 1 is 1.21 bits per heavy atom. The number of benzene rings is 1. The maximum absolute atomic E-state index is 12.0. The molecule has 0 spiro atoms. The van der Waals surface area contributed by atoms with Gasteiger partial charge in [0, 0.05) is 31.2 Å². The van der Waals surface area contributed by atoms with Gasteiger partial charge in [-0.05, 0) is 43.0 Å². The molecule has 0 bridgehead atoms. The molecule has 3 aromatic rings. The summed E-state index contributed by atoms with van der Waals surface area (Å²) in [5.74, 6) is 1.95. The van der Waals surface area contributed by atoms with E-state index in [-0.39, 0.29) is 12.0 Å². The average Bonchev–Trinajstić information content (AvgIpc) is 3.04. The summed E-state index contributed by atoms with van der Waals surface area (Å²) in [4.78, 5) is 16.8. The number of aromatic nitrogens is 4. The van der Waals surface area contributed by atoms with Crippen molar-refractivity contribution in [1.82, 2.24) is 19.5 Å². The van der Waals surface area contributed by atoms with E-state index in [1.54, 1.807) is 18.2 Å². The monoisotopic (exact) mass is 413 g/mol. The predicted octanol–water partition coefficient (Wildman–Crippen LogP) is 3.32. The summed E-state index contributed by atoms with van der Waals surface area (Å²) in [6.07, 6.45) is 4.07. The Labute approximate surface area is 171 Å². The van der Waals surface area contributed by atoms with Crippen LogP contribution in [0.15, 0.2) is 29.3 Å². The van der Waals surface area contributed by atoms with E-state index in [4.69, 9.17) is 9.97 Å². The highest BCUT2D eigenvalue weighted by Crippen LogP contribution is 2.36. The fourth-order valence-electron chi connectivity index (χ4n) is 4.15. The molecule has 1 unspecified atom stereocenters. The van der Waals surface area contributed by atoms with Gasteiger partial charge >= 0.3 is 0 Å². The van der Waals surface area contributed by atoms with Gasteiger partial charge in [-0.2, -0.15) is 0 Å². The molecule has 1 aromatic carbocycles. The van der Waals surface area contributed by atoms with Crippen molar-refractivity contribution in [2.45, 2.75) is 51.6 Å². The Hall–Kier alpha value is -2.48. The van der Waals surface area contributed by atoms with E-state index in [1.165, 1.54) is 6.26 Å². The van der Waals surface area contributed by atoms with Crippen molar-refractivity contribution in [3.05, 3.63) is 41.5 Å². The Kier molecular flexibility index (Phi) is 4.85. The van der Waals surface area contributed by atoms with Gasteiger partial charge in [0.25, 0.3) is 0 Å². The van der Waals surface area contributed by atoms with Crippen LogP contribution in [0, 0.1) is 12.8 Å². The highest BCUT2D eigenvalue weighted by molar-refractivity contribution is 7.90. The molecule has 0 amide bonds. The molecule has 0 fully saturated rings. The highest BCUT2D eigenvalue weighted by atomic mass is 32.2. The smallest absolute Gasteiger partial charge is 0.226 e. The van der Waals surface area contributed by atoms with Crippen molar-refractivity contribution in [3.63, 3.8) is 0 Å². The minimum Gasteiger partial charge on any atom is -0.329 e. The van der Waals surface area contributed by atoms with Gasteiger partial charge in [0.2, 0.25) is 5.95 Å². The normalized spacial score (nSPS) is 17.2. The number of sulfone groups is 1. The molecule has 8 heteroatoms. The van der Waals surface area contributed by atoms with Crippen molar-refractivity contribution >= 4 is 26.8 Å². The molecule has 0 aliphatic carbocycles. The van der Waals surface area contributed by atoms with Crippen LogP contribution in [0.1, 0.15) is 43.9 Å². The molecule has 1 atom stereocenters. The highest BCUT2D eigenvalue weighted by Gasteiger charge is 2.34. The molecule has 0 radical (unpaired) electrons. The molecule has 154 valence electrons. The van der Waals surface area contributed by atoms with Gasteiger partial charge in [-0.3, -0.25) is 0 Å². The first-order chi connectivity index (χ1) is 13.7. The van der Waals surface area contributed by atoms with E-state index in [2.05, 4.69) is 35.2 Å². The second-order valence-corrected chi connectivity index (χ2v) is 10.1. The second-order valence-electron chi connectivity index (χ2n) is 8.06. The molecule has 2 aromatic heterocycles. The number of rotatable bonds is 4. The van der Waals surface area contributed by atoms with Crippen molar-refractivity contribution in [1.29, 1.82) is 0 Å². The molecule has 0 saturated heterocycles. The number of imidazole rings is 1. The Morgan fingerprint density at radius 3 is 2.59 bits per heavy atom. The van der Waals surface area contributed by atoms with Gasteiger partial charge in [-0.15, -0.1) is 0 Å². The lowest BCUT2D eigenvalue weighted by molar-refractivity contribution is 0.387. The van der Waals surface area contributed by atoms with Crippen molar-refractivity contribution in [3.8, 4) is 0 Å². The van der Waals surface area contributed by atoms with Crippen LogP contribution in [0.4, 0.5) is 5.95 Å². The molecular formula is C21H27N5O2S. The van der Waals surface area contributed by atoms with Crippen LogP contribution in [0.2, 0.25) is 0 Å². The SMILES string of the molecule is CCc1cnc(N2CCn3c(nc4ccc(S(C)(=O)=O)cc43)C2C(C)C)nc1C. The standard InChI is InChI=1S/C21H27N5O2S/c1-6-15-12-22-21(23-14(15)4)26-10-9-25-18-11-16(29(5,27)28)7-8-17(18)24-20(25)19(26)13(2)3/h7-8,11-13,19H,6,9-10H2,1-5H3. The van der Waals surface area contributed by atoms with E-state index in [0.29, 0.717) is 11.4 Å². The molecule has 4 rings (SSSR count). The van der Waals surface area contributed by atoms with Crippen LogP contribution < -0.4 is 4.90 Å². The summed E-state index contributed by atoms with van der Waals surface area (Å²) in [5, 5.41) is 0. The Balaban J connectivity index is 1.83. The van der Waals surface area contributed by atoms with Crippen LogP contribution in [-0.4, -0.2) is 40.7 Å². The number of hydrogen-bond acceptors (Lipinski definition) is 6. The predicted molar refractivity (Wildman–Crippen MR) is 114 cm³/mol. The molecular weight excluding hydrogens is 386 g/mol. The van der Waals surface area contributed by atoms with Gasteiger partial charge in [0.1, 0.15) is 5.82 Å². The number of nitrogens with zero attached hydrogens (tertiary/aromatic N) is 5. The van der Waals surface area contributed by atoms with Crippen LogP contribution in [0.3, 0.4) is 0 Å². The van der Waals surface area contributed by atoms with E-state index in [9.17, 15) is 8.42 Å². The molecule has 0 saturated carbocycles. The van der Waals surface area contributed by atoms with Gasteiger partial charge in [-0.1, -0.05) is 20.8 Å². The maximum atomic E-state index is 12.0. The van der Waals surface area contributed by atoms with Crippen LogP contribution >= 0.6 is 0 Å². The molecule has 3 heterocycles. The fourth-order valence-corrected chi connectivity index (χ4v) is 4.79. The zero-order valence-electron chi connectivity index (χ0n) is 17.5. The molecule has 0 N–H and O–H groups in total. The number of anilines is 1. The van der Waals surface area contributed by atoms with E-state index >= 15 is 0 Å². The maximum Gasteiger partial charge on any atom is 0.226 e. The van der Waals surface area contributed by atoms with Crippen molar-refractivity contribution in [2.75, 3.05) is 17.7 Å². The summed E-state index contributed by atoms with van der Waals surface area (Å²) in [6.45, 7) is 9.93. The van der Waals surface area contributed by atoms with Crippen molar-refractivity contribution in [2.24, 2.45) is 5.92 Å². The lowest BCUT2D eigenvalue weighted by Gasteiger charge is -2.38. The molecule has 1 aliphatic rings. The first kappa shape index (κ1) is 19.8. The zero-order valence-corrected chi connectivity index (χ0v) is 18.4. The summed E-state index contributed by atoms with van der Waals surface area (Å²) in [7, 11) is -3.27. The average molecular weight is 414 g/mol. The quantitative estimate of drug-likeness (QED) is 0.653. The summed E-state index contributed by atoms with van der Waals surface area (Å²) >= 11 is 0. The summed E-state index contributed by atoms with van der Waals surface area (Å²) in [6, 6.07) is 5.19. The summed E-state index contributed by atoms with van der Waals surface area (Å²) < 4.78 is 26.2. The third kappa shape index (κ3) is 3.39. The van der Waals surface area contributed by atoms with Gasteiger partial charge in [0.15, 0.2) is 9.84 Å². The third-order valence-electron chi connectivity index (χ3n) is 5.68. The number of fused-ring (bicyclic) bond motifs is 3. The fraction of sp³-hybridized carbons (Fsp3) is 0.476. The zero-order chi connectivity index (χ0) is 20.9. The molecule has 29 heavy (non-hydrogen) atoms. The Bertz CT molecular complexity index is 1180. The van der Waals surface area contributed by atoms with Crippen LogP contribution in [-0.2, 0) is 22.8 Å². The van der Waals surface area contributed by atoms with E-state index in [1.807, 2.05) is 13.1 Å². The molecule has 7 nitrogen and oxygen atoms in total. The number of aryl methyl sites for hydroxylation is 2. The van der Waals surface area contributed by atoms with Gasteiger partial charge in [-0.25, -0.2) is 23.4 Å². The first-order valence-corrected chi connectivity index (χ1v) is 11.9. The molecule has 1 aliphatic heterocycles. The van der Waals surface area contributed by atoms with Gasteiger partial charge < -0.3 is 9.47 Å². The van der Waals surface area contributed by atoms with Crippen LogP contribution in [0.25, 0.3) is 11.0 Å². The minimum absolute atomic E-state index is 0.0183. The van der Waals surface area contributed by atoms with Crippen molar-refractivity contribution < 1.29 is 8.42 Å². The Morgan fingerprint density at radius 2 is 1.97 bits per heavy atom. The lowest BCUT2D eigenvalue weighted by atomic mass is 10.00. The first-order valence-electron chi connectivity index (χ1n) is 10.00.